The molecule has 0 saturated heterocycles. The van der Waals surface area contributed by atoms with E-state index in [2.05, 4.69) is 24.5 Å². The topological polar surface area (TPSA) is 84.3 Å². The van der Waals surface area contributed by atoms with Gasteiger partial charge in [0.25, 0.3) is 5.91 Å². The molecule has 0 spiro atoms. The minimum absolute atomic E-state index is 0.0160. The Labute approximate surface area is 125 Å². The molecule has 0 aliphatic rings. The van der Waals surface area contributed by atoms with Crippen molar-refractivity contribution in [2.45, 2.75) is 39.7 Å². The number of nitrogens with one attached hydrogen (secondary N) is 2. The Kier molecular flexibility index (Phi) is 6.14. The summed E-state index contributed by atoms with van der Waals surface area (Å²) in [6.45, 7) is 6.15. The highest BCUT2D eigenvalue weighted by Gasteiger charge is 2.24. The van der Waals surface area contributed by atoms with Crippen LogP contribution in [0, 0.1) is 16.0 Å². The van der Waals surface area contributed by atoms with Crippen molar-refractivity contribution in [1.29, 1.82) is 0 Å². The third-order valence-corrected chi connectivity index (χ3v) is 3.29. The van der Waals surface area contributed by atoms with Gasteiger partial charge in [-0.3, -0.25) is 14.9 Å². The fraction of sp³-hybridized carbons (Fsp3) is 0.533. The minimum atomic E-state index is -0.528. The largest absolute Gasteiger partial charge is 0.383 e. The number of hydrogen-bond acceptors (Lipinski definition) is 4. The molecule has 1 aromatic rings. The molecule has 6 nitrogen and oxygen atoms in total. The monoisotopic (exact) mass is 293 g/mol. The van der Waals surface area contributed by atoms with Crippen LogP contribution >= 0.6 is 0 Å². The van der Waals surface area contributed by atoms with Crippen molar-refractivity contribution >= 4 is 17.3 Å². The number of benzene rings is 1. The average Bonchev–Trinajstić information content (AvgIpc) is 2.43. The lowest BCUT2D eigenvalue weighted by atomic mass is 10.0. The van der Waals surface area contributed by atoms with Gasteiger partial charge in [0, 0.05) is 13.1 Å². The Morgan fingerprint density at radius 1 is 1.29 bits per heavy atom. The Balaban J connectivity index is 2.90. The lowest BCUT2D eigenvalue weighted by Crippen LogP contribution is -2.33. The summed E-state index contributed by atoms with van der Waals surface area (Å²) >= 11 is 0. The van der Waals surface area contributed by atoms with Crippen LogP contribution in [-0.2, 0) is 0 Å². The highest BCUT2D eigenvalue weighted by Crippen LogP contribution is 2.28. The van der Waals surface area contributed by atoms with E-state index in [1.165, 1.54) is 6.07 Å². The van der Waals surface area contributed by atoms with Gasteiger partial charge in [-0.2, -0.15) is 0 Å². The minimum Gasteiger partial charge on any atom is -0.383 e. The van der Waals surface area contributed by atoms with Gasteiger partial charge in [0.1, 0.15) is 11.3 Å². The maximum absolute atomic E-state index is 12.2. The van der Waals surface area contributed by atoms with Crippen LogP contribution in [-0.4, -0.2) is 23.9 Å². The van der Waals surface area contributed by atoms with Crippen LogP contribution in [0.5, 0.6) is 0 Å². The second kappa shape index (κ2) is 7.61. The van der Waals surface area contributed by atoms with Crippen molar-refractivity contribution in [2.24, 2.45) is 5.92 Å². The van der Waals surface area contributed by atoms with Crippen LogP contribution in [0.1, 0.15) is 44.0 Å². The number of anilines is 1. The summed E-state index contributed by atoms with van der Waals surface area (Å²) in [5.41, 5.74) is 0.235. The van der Waals surface area contributed by atoms with E-state index in [-0.39, 0.29) is 17.3 Å². The molecule has 21 heavy (non-hydrogen) atoms. The van der Waals surface area contributed by atoms with Gasteiger partial charge in [-0.25, -0.2) is 0 Å². The molecule has 1 atom stereocenters. The molecule has 1 aromatic carbocycles. The fourth-order valence-corrected chi connectivity index (χ4v) is 2.08. The molecule has 1 unspecified atom stereocenters. The molecule has 0 radical (unpaired) electrons. The third kappa shape index (κ3) is 4.73. The zero-order valence-electron chi connectivity index (χ0n) is 13.0. The highest BCUT2D eigenvalue weighted by molar-refractivity contribution is 6.00. The predicted molar refractivity (Wildman–Crippen MR) is 83.6 cm³/mol. The molecule has 1 rings (SSSR count). The summed E-state index contributed by atoms with van der Waals surface area (Å²) in [4.78, 5) is 22.9. The predicted octanol–water partition coefficient (Wildman–Crippen LogP) is 3.19. The first-order valence-corrected chi connectivity index (χ1v) is 7.12. The SMILES string of the molecule is CNc1cccc(C(=O)NC(C)CCC(C)C)c1[N+](=O)[O-]. The van der Waals surface area contributed by atoms with Gasteiger partial charge in [-0.1, -0.05) is 19.9 Å². The Hall–Kier alpha value is -2.11. The van der Waals surface area contributed by atoms with Crippen LogP contribution in [0.3, 0.4) is 0 Å². The number of nitro benzene ring substituents is 1. The summed E-state index contributed by atoms with van der Waals surface area (Å²) in [6, 6.07) is 4.67. The molecule has 2 N–H and O–H groups in total. The normalized spacial score (nSPS) is 12.0. The van der Waals surface area contributed by atoms with E-state index in [0.717, 1.165) is 12.8 Å². The van der Waals surface area contributed by atoms with E-state index >= 15 is 0 Å². The van der Waals surface area contributed by atoms with Gasteiger partial charge in [-0.05, 0) is 37.8 Å². The average molecular weight is 293 g/mol. The summed E-state index contributed by atoms with van der Waals surface area (Å²) in [5, 5.41) is 16.8. The van der Waals surface area contributed by atoms with E-state index in [0.29, 0.717) is 11.6 Å². The van der Waals surface area contributed by atoms with Crippen LogP contribution < -0.4 is 10.6 Å². The van der Waals surface area contributed by atoms with E-state index in [1.54, 1.807) is 19.2 Å². The van der Waals surface area contributed by atoms with E-state index in [9.17, 15) is 14.9 Å². The molecular weight excluding hydrogens is 270 g/mol. The van der Waals surface area contributed by atoms with Gasteiger partial charge >= 0.3 is 5.69 Å². The molecule has 0 fully saturated rings. The second-order valence-electron chi connectivity index (χ2n) is 5.55. The lowest BCUT2D eigenvalue weighted by Gasteiger charge is -2.15. The third-order valence-electron chi connectivity index (χ3n) is 3.29. The summed E-state index contributed by atoms with van der Waals surface area (Å²) in [6.07, 6.45) is 1.85. The smallest absolute Gasteiger partial charge is 0.305 e. The number of amides is 1. The lowest BCUT2D eigenvalue weighted by molar-refractivity contribution is -0.384. The van der Waals surface area contributed by atoms with Crippen LogP contribution in [0.2, 0.25) is 0 Å². The van der Waals surface area contributed by atoms with Gasteiger partial charge in [0.15, 0.2) is 0 Å². The molecule has 0 aromatic heterocycles. The number of para-hydroxylation sites is 1. The number of carbonyl (C=O) groups excluding carboxylic acids is 1. The number of rotatable bonds is 7. The molecule has 0 aliphatic carbocycles. The number of carbonyl (C=O) groups is 1. The van der Waals surface area contributed by atoms with Crippen LogP contribution in [0.15, 0.2) is 18.2 Å². The summed E-state index contributed by atoms with van der Waals surface area (Å²) in [7, 11) is 1.59. The van der Waals surface area contributed by atoms with E-state index in [1.807, 2.05) is 6.92 Å². The van der Waals surface area contributed by atoms with E-state index < -0.39 is 10.8 Å². The van der Waals surface area contributed by atoms with Crippen molar-refractivity contribution in [1.82, 2.24) is 5.32 Å². The maximum atomic E-state index is 12.2. The number of hydrogen-bond donors (Lipinski definition) is 2. The van der Waals surface area contributed by atoms with Crippen LogP contribution in [0.4, 0.5) is 11.4 Å². The molecule has 6 heteroatoms. The molecule has 1 amide bonds. The standard InChI is InChI=1S/C15H23N3O3/c1-10(2)8-9-11(3)17-15(19)12-6-5-7-13(16-4)14(12)18(20)21/h5-7,10-11,16H,8-9H2,1-4H3,(H,17,19). The van der Waals surface area contributed by atoms with Gasteiger partial charge in [0.05, 0.1) is 4.92 Å². The highest BCUT2D eigenvalue weighted by atomic mass is 16.6. The van der Waals surface area contributed by atoms with Gasteiger partial charge in [0.2, 0.25) is 0 Å². The number of nitrogens with zero attached hydrogens (tertiary/aromatic N) is 1. The molecule has 0 aliphatic heterocycles. The summed E-state index contributed by atoms with van der Waals surface area (Å²) < 4.78 is 0. The molecule has 0 bridgehead atoms. The first-order chi connectivity index (χ1) is 9.86. The van der Waals surface area contributed by atoms with Crippen molar-refractivity contribution < 1.29 is 9.72 Å². The quantitative estimate of drug-likeness (QED) is 0.597. The van der Waals surface area contributed by atoms with Crippen LogP contribution in [0.25, 0.3) is 0 Å². The zero-order valence-corrected chi connectivity index (χ0v) is 13.0. The van der Waals surface area contributed by atoms with E-state index in [4.69, 9.17) is 0 Å². The molecule has 116 valence electrons. The van der Waals surface area contributed by atoms with Crippen molar-refractivity contribution in [3.63, 3.8) is 0 Å². The van der Waals surface area contributed by atoms with Crippen molar-refractivity contribution in [2.75, 3.05) is 12.4 Å². The molecule has 0 saturated carbocycles. The van der Waals surface area contributed by atoms with Gasteiger partial charge < -0.3 is 10.6 Å². The Morgan fingerprint density at radius 3 is 2.48 bits per heavy atom. The maximum Gasteiger partial charge on any atom is 0.305 e. The Morgan fingerprint density at radius 2 is 1.95 bits per heavy atom. The van der Waals surface area contributed by atoms with Crippen molar-refractivity contribution in [3.05, 3.63) is 33.9 Å². The number of nitro groups is 1. The summed E-state index contributed by atoms with van der Waals surface area (Å²) in [5.74, 6) is 0.154. The Bertz CT molecular complexity index is 515. The molecular formula is C15H23N3O3. The first-order valence-electron chi connectivity index (χ1n) is 7.12. The van der Waals surface area contributed by atoms with Gasteiger partial charge in [-0.15, -0.1) is 0 Å². The molecule has 0 heterocycles. The van der Waals surface area contributed by atoms with Crippen molar-refractivity contribution in [3.8, 4) is 0 Å². The fourth-order valence-electron chi connectivity index (χ4n) is 2.08. The first kappa shape index (κ1) is 16.9. The second-order valence-corrected chi connectivity index (χ2v) is 5.55. The zero-order chi connectivity index (χ0) is 16.0.